The molecule has 7 heteroatoms. The van der Waals surface area contributed by atoms with Crippen LogP contribution in [0.2, 0.25) is 5.28 Å². The number of anilines is 1. The van der Waals surface area contributed by atoms with Gasteiger partial charge in [-0.3, -0.25) is 0 Å². The van der Waals surface area contributed by atoms with E-state index < -0.39 is 5.82 Å². The molecule has 0 radical (unpaired) electrons. The number of nitrogens with zero attached hydrogens (tertiary/aromatic N) is 3. The van der Waals surface area contributed by atoms with Gasteiger partial charge in [-0.25, -0.2) is 9.37 Å². The molecule has 0 spiro atoms. The van der Waals surface area contributed by atoms with Gasteiger partial charge in [-0.15, -0.1) is 0 Å². The Bertz CT molecular complexity index is 372. The molecule has 1 heterocycles. The number of hydrogen-bond donors (Lipinski definition) is 0. The second-order valence-corrected chi connectivity index (χ2v) is 4.03. The van der Waals surface area contributed by atoms with Gasteiger partial charge < -0.3 is 14.4 Å². The van der Waals surface area contributed by atoms with Crippen molar-refractivity contribution in [3.8, 4) is 0 Å². The Morgan fingerprint density at radius 3 is 2.32 bits per heavy atom. The van der Waals surface area contributed by atoms with Gasteiger partial charge in [0.05, 0.1) is 19.4 Å². The molecule has 0 saturated carbocycles. The Morgan fingerprint density at radius 2 is 1.79 bits per heavy atom. The lowest BCUT2D eigenvalue weighted by Gasteiger charge is -2.23. The zero-order valence-electron chi connectivity index (χ0n) is 11.2. The van der Waals surface area contributed by atoms with Crippen molar-refractivity contribution in [3.63, 3.8) is 0 Å². The standard InChI is InChI=1S/C12H19ClFN3O2/c1-3-18-7-5-17(6-8-19-4-2)11-10(14)9-15-12(13)16-11/h9H,3-8H2,1-2H3. The van der Waals surface area contributed by atoms with E-state index in [9.17, 15) is 4.39 Å². The van der Waals surface area contributed by atoms with E-state index in [0.29, 0.717) is 39.5 Å². The first kappa shape index (κ1) is 16.1. The van der Waals surface area contributed by atoms with Crippen LogP contribution in [-0.2, 0) is 9.47 Å². The number of aromatic nitrogens is 2. The normalized spacial score (nSPS) is 10.7. The summed E-state index contributed by atoms with van der Waals surface area (Å²) in [6.07, 6.45) is 1.07. The maximum atomic E-state index is 13.7. The highest BCUT2D eigenvalue weighted by Gasteiger charge is 2.14. The van der Waals surface area contributed by atoms with Crippen molar-refractivity contribution in [2.45, 2.75) is 13.8 Å². The van der Waals surface area contributed by atoms with E-state index in [-0.39, 0.29) is 11.1 Å². The molecule has 0 aromatic carbocycles. The lowest BCUT2D eigenvalue weighted by Crippen LogP contribution is -2.32. The molecule has 0 aliphatic heterocycles. The van der Waals surface area contributed by atoms with E-state index in [1.165, 1.54) is 0 Å². The second-order valence-electron chi connectivity index (χ2n) is 3.69. The summed E-state index contributed by atoms with van der Waals surface area (Å²) in [6, 6.07) is 0. The molecule has 0 atom stereocenters. The van der Waals surface area contributed by atoms with Crippen LogP contribution in [0.3, 0.4) is 0 Å². The average molecular weight is 292 g/mol. The molecule has 0 bridgehead atoms. The van der Waals surface area contributed by atoms with Crippen molar-refractivity contribution in [2.24, 2.45) is 0 Å². The summed E-state index contributed by atoms with van der Waals surface area (Å²) in [5, 5.41) is 0.0224. The highest BCUT2D eigenvalue weighted by molar-refractivity contribution is 6.28. The molecule has 0 aliphatic carbocycles. The fourth-order valence-corrected chi connectivity index (χ4v) is 1.65. The van der Waals surface area contributed by atoms with E-state index in [4.69, 9.17) is 21.1 Å². The van der Waals surface area contributed by atoms with Crippen LogP contribution >= 0.6 is 11.6 Å². The number of hydrogen-bond acceptors (Lipinski definition) is 5. The van der Waals surface area contributed by atoms with Crippen LogP contribution in [0, 0.1) is 5.82 Å². The fourth-order valence-electron chi connectivity index (χ4n) is 1.52. The lowest BCUT2D eigenvalue weighted by molar-refractivity contribution is 0.141. The van der Waals surface area contributed by atoms with Gasteiger partial charge in [0.25, 0.3) is 0 Å². The second kappa shape index (κ2) is 9.01. The molecule has 108 valence electrons. The predicted molar refractivity (Wildman–Crippen MR) is 72.2 cm³/mol. The van der Waals surface area contributed by atoms with E-state index >= 15 is 0 Å². The van der Waals surface area contributed by atoms with Gasteiger partial charge >= 0.3 is 0 Å². The highest BCUT2D eigenvalue weighted by atomic mass is 35.5. The van der Waals surface area contributed by atoms with Crippen molar-refractivity contribution >= 4 is 17.4 Å². The Hall–Kier alpha value is -0.980. The fraction of sp³-hybridized carbons (Fsp3) is 0.667. The van der Waals surface area contributed by atoms with Crippen molar-refractivity contribution in [1.29, 1.82) is 0 Å². The quantitative estimate of drug-likeness (QED) is 0.515. The Kier molecular flexibility index (Phi) is 7.62. The van der Waals surface area contributed by atoms with Crippen molar-refractivity contribution in [3.05, 3.63) is 17.3 Å². The van der Waals surface area contributed by atoms with E-state index in [0.717, 1.165) is 6.20 Å². The molecule has 19 heavy (non-hydrogen) atoms. The minimum Gasteiger partial charge on any atom is -0.380 e. The number of ether oxygens (including phenoxy) is 2. The van der Waals surface area contributed by atoms with Gasteiger partial charge in [-0.1, -0.05) is 0 Å². The summed E-state index contributed by atoms with van der Waals surface area (Å²) in [5.74, 6) is -0.322. The first-order valence-corrected chi connectivity index (χ1v) is 6.65. The Labute approximate surface area is 117 Å². The Morgan fingerprint density at radius 1 is 1.21 bits per heavy atom. The van der Waals surface area contributed by atoms with Gasteiger partial charge in [0.1, 0.15) is 0 Å². The van der Waals surface area contributed by atoms with Crippen molar-refractivity contribution in [2.75, 3.05) is 44.4 Å². The van der Waals surface area contributed by atoms with Crippen molar-refractivity contribution in [1.82, 2.24) is 9.97 Å². The van der Waals surface area contributed by atoms with Crippen LogP contribution in [-0.4, -0.2) is 49.5 Å². The van der Waals surface area contributed by atoms with Crippen LogP contribution in [0.4, 0.5) is 10.2 Å². The minimum absolute atomic E-state index is 0.0224. The van der Waals surface area contributed by atoms with Crippen LogP contribution in [0.1, 0.15) is 13.8 Å². The number of rotatable bonds is 9. The monoisotopic (exact) mass is 291 g/mol. The first-order chi connectivity index (χ1) is 9.19. The van der Waals surface area contributed by atoms with Gasteiger partial charge in [0.15, 0.2) is 11.6 Å². The molecular formula is C12H19ClFN3O2. The third-order valence-corrected chi connectivity index (χ3v) is 2.60. The largest absolute Gasteiger partial charge is 0.380 e. The topological polar surface area (TPSA) is 47.5 Å². The van der Waals surface area contributed by atoms with Gasteiger partial charge in [-0.2, -0.15) is 4.98 Å². The molecule has 1 aromatic rings. The predicted octanol–water partition coefficient (Wildman–Crippen LogP) is 2.15. The lowest BCUT2D eigenvalue weighted by atomic mass is 10.4. The van der Waals surface area contributed by atoms with E-state index in [2.05, 4.69) is 9.97 Å². The summed E-state index contributed by atoms with van der Waals surface area (Å²) in [5.41, 5.74) is 0. The summed E-state index contributed by atoms with van der Waals surface area (Å²) in [6.45, 7) is 7.07. The molecule has 0 amide bonds. The van der Waals surface area contributed by atoms with Gasteiger partial charge in [0, 0.05) is 26.3 Å². The van der Waals surface area contributed by atoms with Crippen LogP contribution < -0.4 is 4.90 Å². The summed E-state index contributed by atoms with van der Waals surface area (Å²) >= 11 is 5.71. The van der Waals surface area contributed by atoms with Crippen LogP contribution in [0.25, 0.3) is 0 Å². The van der Waals surface area contributed by atoms with Gasteiger partial charge in [0.2, 0.25) is 5.28 Å². The molecule has 0 N–H and O–H groups in total. The maximum Gasteiger partial charge on any atom is 0.224 e. The molecule has 1 rings (SSSR count). The summed E-state index contributed by atoms with van der Waals surface area (Å²) in [4.78, 5) is 9.27. The third kappa shape index (κ3) is 5.67. The molecule has 0 unspecified atom stereocenters. The van der Waals surface area contributed by atoms with Crippen molar-refractivity contribution < 1.29 is 13.9 Å². The maximum absolute atomic E-state index is 13.7. The zero-order chi connectivity index (χ0) is 14.1. The summed E-state index contributed by atoms with van der Waals surface area (Å²) < 4.78 is 24.3. The summed E-state index contributed by atoms with van der Waals surface area (Å²) in [7, 11) is 0. The molecule has 0 aliphatic rings. The van der Waals surface area contributed by atoms with E-state index in [1.807, 2.05) is 13.8 Å². The average Bonchev–Trinajstić information content (AvgIpc) is 2.40. The number of halogens is 2. The van der Waals surface area contributed by atoms with Gasteiger partial charge in [-0.05, 0) is 25.4 Å². The molecule has 0 saturated heterocycles. The molecular weight excluding hydrogens is 273 g/mol. The van der Waals surface area contributed by atoms with Crippen LogP contribution in [0.5, 0.6) is 0 Å². The zero-order valence-corrected chi connectivity index (χ0v) is 12.0. The highest BCUT2D eigenvalue weighted by Crippen LogP contribution is 2.17. The minimum atomic E-state index is -0.502. The van der Waals surface area contributed by atoms with Crippen LogP contribution in [0.15, 0.2) is 6.20 Å². The smallest absolute Gasteiger partial charge is 0.224 e. The Balaban J connectivity index is 2.72. The molecule has 1 aromatic heterocycles. The molecule has 5 nitrogen and oxygen atoms in total. The third-order valence-electron chi connectivity index (χ3n) is 2.42. The SMILES string of the molecule is CCOCCN(CCOCC)c1nc(Cl)ncc1F. The molecule has 0 fully saturated rings. The first-order valence-electron chi connectivity index (χ1n) is 6.27. The van der Waals surface area contributed by atoms with E-state index in [1.54, 1.807) is 4.90 Å².